The number of halogens is 4. The summed E-state index contributed by atoms with van der Waals surface area (Å²) in [5.41, 5.74) is 0. The second kappa shape index (κ2) is 9.16. The number of amides is 2. The van der Waals surface area contributed by atoms with Gasteiger partial charge in [-0.25, -0.2) is 0 Å². The average molecular weight is 347 g/mol. The number of rotatable bonds is 5. The van der Waals surface area contributed by atoms with Gasteiger partial charge in [0, 0.05) is 46.7 Å². The summed E-state index contributed by atoms with van der Waals surface area (Å²) in [7, 11) is 1.42. The fourth-order valence-corrected chi connectivity index (χ4v) is 2.04. The van der Waals surface area contributed by atoms with Gasteiger partial charge in [0.1, 0.15) is 6.04 Å². The Morgan fingerprint density at radius 1 is 1.32 bits per heavy atom. The maximum atomic E-state index is 13.1. The van der Waals surface area contributed by atoms with Crippen LogP contribution in [-0.4, -0.2) is 80.1 Å². The number of alkyl halides is 3. The first-order valence-corrected chi connectivity index (χ1v) is 6.71. The lowest BCUT2D eigenvalue weighted by Gasteiger charge is -2.36. The maximum absolute atomic E-state index is 13.1. The van der Waals surface area contributed by atoms with E-state index in [0.717, 1.165) is 4.90 Å². The van der Waals surface area contributed by atoms with Crippen LogP contribution in [0.25, 0.3) is 0 Å². The van der Waals surface area contributed by atoms with Crippen molar-refractivity contribution in [2.45, 2.75) is 19.1 Å². The summed E-state index contributed by atoms with van der Waals surface area (Å²) in [5, 5.41) is 5.24. The number of hydrogen-bond acceptors (Lipinski definition) is 4. The number of nitrogens with one attached hydrogen (secondary N) is 2. The average Bonchev–Trinajstić information content (AvgIpc) is 2.38. The van der Waals surface area contributed by atoms with Gasteiger partial charge >= 0.3 is 6.18 Å². The topological polar surface area (TPSA) is 64.7 Å². The molecule has 0 aromatic heterocycles. The Balaban J connectivity index is 0.00000441. The molecule has 0 saturated carbocycles. The molecule has 22 heavy (non-hydrogen) atoms. The summed E-state index contributed by atoms with van der Waals surface area (Å²) in [6.45, 7) is 2.09. The third-order valence-corrected chi connectivity index (χ3v) is 3.38. The summed E-state index contributed by atoms with van der Waals surface area (Å²) < 4.78 is 39.2. The van der Waals surface area contributed by atoms with Crippen molar-refractivity contribution >= 4 is 24.2 Å². The molecule has 130 valence electrons. The lowest BCUT2D eigenvalue weighted by Crippen LogP contribution is -2.58. The highest BCUT2D eigenvalue weighted by Crippen LogP contribution is 2.24. The van der Waals surface area contributed by atoms with E-state index in [0.29, 0.717) is 13.1 Å². The van der Waals surface area contributed by atoms with E-state index in [1.807, 2.05) is 0 Å². The fraction of sp³-hybridized carbons (Fsp3) is 0.833. The molecular formula is C12H22ClF3N4O2. The van der Waals surface area contributed by atoms with E-state index in [1.165, 1.54) is 18.9 Å². The van der Waals surface area contributed by atoms with Crippen molar-refractivity contribution in [3.8, 4) is 0 Å². The minimum atomic E-state index is -4.41. The van der Waals surface area contributed by atoms with Gasteiger partial charge in [-0.05, 0) is 0 Å². The molecule has 0 aliphatic carbocycles. The van der Waals surface area contributed by atoms with Crippen molar-refractivity contribution < 1.29 is 22.8 Å². The molecule has 1 saturated heterocycles. The zero-order valence-corrected chi connectivity index (χ0v) is 13.4. The van der Waals surface area contributed by atoms with Gasteiger partial charge < -0.3 is 15.5 Å². The number of hydrogen-bond donors (Lipinski definition) is 2. The van der Waals surface area contributed by atoms with Crippen molar-refractivity contribution in [1.29, 1.82) is 0 Å². The van der Waals surface area contributed by atoms with E-state index >= 15 is 0 Å². The van der Waals surface area contributed by atoms with Gasteiger partial charge in [0.25, 0.3) is 0 Å². The number of piperazine rings is 1. The molecule has 1 heterocycles. The number of nitrogens with zero attached hydrogens (tertiary/aromatic N) is 2. The Bertz CT molecular complexity index is 376. The molecule has 2 N–H and O–H groups in total. The Hall–Kier alpha value is -1.06. The van der Waals surface area contributed by atoms with E-state index in [-0.39, 0.29) is 37.9 Å². The first kappa shape index (κ1) is 20.9. The van der Waals surface area contributed by atoms with Gasteiger partial charge in [0.05, 0.1) is 6.54 Å². The SMILES string of the molecule is CC(=O)N(C)CC(=O)NCC(N1CCNCC1)C(F)(F)F.Cl. The van der Waals surface area contributed by atoms with E-state index < -0.39 is 24.7 Å². The summed E-state index contributed by atoms with van der Waals surface area (Å²) in [4.78, 5) is 25.0. The van der Waals surface area contributed by atoms with Crippen LogP contribution >= 0.6 is 12.4 Å². The zero-order valence-electron chi connectivity index (χ0n) is 12.6. The molecule has 2 amide bonds. The van der Waals surface area contributed by atoms with Gasteiger partial charge in [0.2, 0.25) is 11.8 Å². The van der Waals surface area contributed by atoms with Crippen LogP contribution in [0.1, 0.15) is 6.92 Å². The van der Waals surface area contributed by atoms with Crippen LogP contribution in [0.5, 0.6) is 0 Å². The summed E-state index contributed by atoms with van der Waals surface area (Å²) >= 11 is 0. The van der Waals surface area contributed by atoms with Gasteiger partial charge in [-0.15, -0.1) is 12.4 Å². The van der Waals surface area contributed by atoms with Crippen LogP contribution in [0.3, 0.4) is 0 Å². The summed E-state index contributed by atoms with van der Waals surface area (Å²) in [5.74, 6) is -0.920. The van der Waals surface area contributed by atoms with Crippen molar-refractivity contribution in [2.24, 2.45) is 0 Å². The molecule has 0 bridgehead atoms. The Morgan fingerprint density at radius 2 is 1.86 bits per heavy atom. The van der Waals surface area contributed by atoms with E-state index in [2.05, 4.69) is 10.6 Å². The van der Waals surface area contributed by atoms with Crippen molar-refractivity contribution in [3.63, 3.8) is 0 Å². The van der Waals surface area contributed by atoms with Crippen LogP contribution in [0.15, 0.2) is 0 Å². The molecule has 6 nitrogen and oxygen atoms in total. The third kappa shape index (κ3) is 6.80. The Kier molecular flexibility index (Phi) is 8.72. The quantitative estimate of drug-likeness (QED) is 0.726. The first-order valence-electron chi connectivity index (χ1n) is 6.71. The highest BCUT2D eigenvalue weighted by atomic mass is 35.5. The predicted octanol–water partition coefficient (Wildman–Crippen LogP) is -0.161. The van der Waals surface area contributed by atoms with E-state index in [9.17, 15) is 22.8 Å². The van der Waals surface area contributed by atoms with Crippen LogP contribution in [0.2, 0.25) is 0 Å². The molecule has 1 unspecified atom stereocenters. The molecular weight excluding hydrogens is 325 g/mol. The van der Waals surface area contributed by atoms with Gasteiger partial charge in [-0.2, -0.15) is 13.2 Å². The van der Waals surface area contributed by atoms with Crippen molar-refractivity contribution in [1.82, 2.24) is 20.4 Å². The standard InChI is InChI=1S/C12H21F3N4O2.ClH/c1-9(20)18(2)8-11(21)17-7-10(12(13,14)15)19-5-3-16-4-6-19;/h10,16H,3-8H2,1-2H3,(H,17,21);1H. The predicted molar refractivity (Wildman–Crippen MR) is 77.9 cm³/mol. The highest BCUT2D eigenvalue weighted by molar-refractivity contribution is 5.85. The number of carbonyl (C=O) groups is 2. The summed E-state index contributed by atoms with van der Waals surface area (Å²) in [6.07, 6.45) is -4.41. The number of carbonyl (C=O) groups excluding carboxylic acids is 2. The molecule has 0 aromatic rings. The molecule has 1 fully saturated rings. The second-order valence-corrected chi connectivity index (χ2v) is 5.02. The molecule has 0 spiro atoms. The molecule has 10 heteroatoms. The Labute approximate surface area is 133 Å². The lowest BCUT2D eigenvalue weighted by atomic mass is 10.2. The van der Waals surface area contributed by atoms with Crippen LogP contribution in [0, 0.1) is 0 Å². The minimum absolute atomic E-state index is 0. The molecule has 1 aliphatic heterocycles. The van der Waals surface area contributed by atoms with Gasteiger partial charge in [-0.3, -0.25) is 14.5 Å². The third-order valence-electron chi connectivity index (χ3n) is 3.38. The molecule has 1 atom stereocenters. The highest BCUT2D eigenvalue weighted by Gasteiger charge is 2.43. The van der Waals surface area contributed by atoms with Crippen LogP contribution in [0.4, 0.5) is 13.2 Å². The smallest absolute Gasteiger partial charge is 0.353 e. The first-order chi connectivity index (χ1) is 9.71. The van der Waals surface area contributed by atoms with Crippen LogP contribution < -0.4 is 10.6 Å². The van der Waals surface area contributed by atoms with E-state index in [1.54, 1.807) is 0 Å². The monoisotopic (exact) mass is 346 g/mol. The molecule has 0 radical (unpaired) electrons. The van der Waals surface area contributed by atoms with Crippen LogP contribution in [-0.2, 0) is 9.59 Å². The molecule has 1 aliphatic rings. The van der Waals surface area contributed by atoms with Gasteiger partial charge in [0.15, 0.2) is 0 Å². The maximum Gasteiger partial charge on any atom is 0.405 e. The molecule has 0 aromatic carbocycles. The minimum Gasteiger partial charge on any atom is -0.353 e. The lowest BCUT2D eigenvalue weighted by molar-refractivity contribution is -0.184. The molecule has 1 rings (SSSR count). The number of likely N-dealkylation sites (N-methyl/N-ethyl adjacent to an activating group) is 1. The van der Waals surface area contributed by atoms with Crippen molar-refractivity contribution in [3.05, 3.63) is 0 Å². The second-order valence-electron chi connectivity index (χ2n) is 5.02. The zero-order chi connectivity index (χ0) is 16.0. The van der Waals surface area contributed by atoms with E-state index in [4.69, 9.17) is 0 Å². The fourth-order valence-electron chi connectivity index (χ4n) is 2.04. The Morgan fingerprint density at radius 3 is 2.32 bits per heavy atom. The largest absolute Gasteiger partial charge is 0.405 e. The summed E-state index contributed by atoms with van der Waals surface area (Å²) in [6, 6.07) is -1.70. The van der Waals surface area contributed by atoms with Gasteiger partial charge in [-0.1, -0.05) is 0 Å². The van der Waals surface area contributed by atoms with Crippen molar-refractivity contribution in [2.75, 3.05) is 46.3 Å². The normalized spacial score (nSPS) is 17.3.